The zero-order valence-corrected chi connectivity index (χ0v) is 44.7. The van der Waals surface area contributed by atoms with Crippen LogP contribution in [-0.4, -0.2) is 47.4 Å². The SMILES string of the molecule is CCCCCCCCCC/C=C/C(O)C(CO)NC(=O)CCCCCCCCCCCCCCCCCCCCCCCCCCCCCOC(=O)CCCCCCCCCCCCCC. The van der Waals surface area contributed by atoms with Gasteiger partial charge in [-0.1, -0.05) is 302 Å². The van der Waals surface area contributed by atoms with Gasteiger partial charge in [-0.2, -0.15) is 0 Å². The number of carbonyl (C=O) groups excluding carboxylic acids is 2. The molecule has 2 atom stereocenters. The third-order valence-corrected chi connectivity index (χ3v) is 14.1. The van der Waals surface area contributed by atoms with E-state index in [1.807, 2.05) is 6.08 Å². The van der Waals surface area contributed by atoms with Crippen LogP contribution in [0.2, 0.25) is 0 Å². The van der Waals surface area contributed by atoms with E-state index >= 15 is 0 Å². The third-order valence-electron chi connectivity index (χ3n) is 14.1. The lowest BCUT2D eigenvalue weighted by molar-refractivity contribution is -0.143. The van der Waals surface area contributed by atoms with Crippen LogP contribution in [0.1, 0.15) is 335 Å². The molecule has 6 nitrogen and oxygen atoms in total. The van der Waals surface area contributed by atoms with Crippen LogP contribution in [-0.2, 0) is 14.3 Å². The molecule has 0 aromatic rings. The third kappa shape index (κ3) is 52.0. The number of aliphatic hydroxyl groups is 2. The second kappa shape index (κ2) is 56.2. The molecule has 66 heavy (non-hydrogen) atoms. The molecule has 0 aromatic heterocycles. The van der Waals surface area contributed by atoms with E-state index in [1.54, 1.807) is 6.08 Å². The van der Waals surface area contributed by atoms with E-state index in [9.17, 15) is 19.8 Å². The summed E-state index contributed by atoms with van der Waals surface area (Å²) in [5, 5.41) is 23.0. The zero-order valence-electron chi connectivity index (χ0n) is 44.7. The Balaban J connectivity index is 3.33. The number of carbonyl (C=O) groups is 2. The first-order valence-electron chi connectivity index (χ1n) is 30.0. The minimum absolute atomic E-state index is 0.0186. The Bertz CT molecular complexity index is 986. The van der Waals surface area contributed by atoms with Gasteiger partial charge in [0.15, 0.2) is 0 Å². The fraction of sp³-hybridized carbons (Fsp3) is 0.933. The van der Waals surface area contributed by atoms with Crippen LogP contribution >= 0.6 is 0 Å². The average molecular weight is 933 g/mol. The Morgan fingerprint density at radius 1 is 0.409 bits per heavy atom. The molecule has 0 bridgehead atoms. The molecule has 6 heteroatoms. The maximum Gasteiger partial charge on any atom is 0.305 e. The monoisotopic (exact) mass is 932 g/mol. The van der Waals surface area contributed by atoms with E-state index in [0.29, 0.717) is 19.4 Å². The number of ether oxygens (including phenoxy) is 1. The topological polar surface area (TPSA) is 95.9 Å². The molecular weight excluding hydrogens is 815 g/mol. The molecule has 0 spiro atoms. The van der Waals surface area contributed by atoms with Crippen molar-refractivity contribution >= 4 is 11.9 Å². The first-order chi connectivity index (χ1) is 32.5. The van der Waals surface area contributed by atoms with Crippen LogP contribution in [0.3, 0.4) is 0 Å². The van der Waals surface area contributed by atoms with Gasteiger partial charge in [0.2, 0.25) is 5.91 Å². The van der Waals surface area contributed by atoms with Gasteiger partial charge in [0.25, 0.3) is 0 Å². The van der Waals surface area contributed by atoms with Crippen molar-refractivity contribution in [3.8, 4) is 0 Å². The Morgan fingerprint density at radius 2 is 0.697 bits per heavy atom. The normalized spacial score (nSPS) is 12.6. The standard InChI is InChI=1S/C60H117NO5/c1-3-5-7-9-11-13-15-34-38-42-46-50-54-60(65)66-55-51-47-43-39-35-32-30-28-26-24-22-20-18-16-17-19-21-23-25-27-29-31-33-37-41-45-49-53-59(64)61-57(56-62)58(63)52-48-44-40-36-14-12-10-8-6-4-2/h48,52,57-58,62-63H,3-47,49-51,53-56H2,1-2H3,(H,61,64)/b52-48+. The Labute approximate surface area is 412 Å². The van der Waals surface area contributed by atoms with Gasteiger partial charge in [-0.15, -0.1) is 0 Å². The Kier molecular flexibility index (Phi) is 55.0. The number of nitrogens with one attached hydrogen (secondary N) is 1. The summed E-state index contributed by atoms with van der Waals surface area (Å²) < 4.78 is 5.48. The fourth-order valence-corrected chi connectivity index (χ4v) is 9.46. The number of esters is 1. The lowest BCUT2D eigenvalue weighted by Gasteiger charge is -2.20. The number of aliphatic hydroxyl groups excluding tert-OH is 2. The number of amides is 1. The highest BCUT2D eigenvalue weighted by Gasteiger charge is 2.18. The van der Waals surface area contributed by atoms with E-state index in [1.165, 1.54) is 270 Å². The number of allylic oxidation sites excluding steroid dienone is 1. The molecule has 0 fully saturated rings. The van der Waals surface area contributed by atoms with Gasteiger partial charge in [-0.05, 0) is 32.1 Å². The smallest absolute Gasteiger partial charge is 0.305 e. The number of hydrogen-bond donors (Lipinski definition) is 3. The highest BCUT2D eigenvalue weighted by molar-refractivity contribution is 5.76. The van der Waals surface area contributed by atoms with Crippen molar-refractivity contribution in [2.24, 2.45) is 0 Å². The van der Waals surface area contributed by atoms with Crippen molar-refractivity contribution < 1.29 is 24.5 Å². The minimum atomic E-state index is -0.839. The van der Waals surface area contributed by atoms with Crippen LogP contribution in [0.15, 0.2) is 12.2 Å². The Morgan fingerprint density at radius 3 is 1.03 bits per heavy atom. The minimum Gasteiger partial charge on any atom is -0.466 e. The molecule has 0 saturated carbocycles. The van der Waals surface area contributed by atoms with Crippen molar-refractivity contribution in [1.82, 2.24) is 5.32 Å². The Hall–Kier alpha value is -1.40. The molecule has 0 aromatic carbocycles. The summed E-state index contributed by atoms with van der Waals surface area (Å²) >= 11 is 0. The summed E-state index contributed by atoms with van der Waals surface area (Å²) in [4.78, 5) is 24.4. The number of hydrogen-bond acceptors (Lipinski definition) is 5. The second-order valence-corrected chi connectivity index (χ2v) is 20.7. The summed E-state index contributed by atoms with van der Waals surface area (Å²) in [6.45, 7) is 4.90. The van der Waals surface area contributed by atoms with Gasteiger partial charge in [0, 0.05) is 12.8 Å². The average Bonchev–Trinajstić information content (AvgIpc) is 3.32. The largest absolute Gasteiger partial charge is 0.466 e. The van der Waals surface area contributed by atoms with E-state index < -0.39 is 12.1 Å². The number of unbranched alkanes of at least 4 members (excludes halogenated alkanes) is 45. The second-order valence-electron chi connectivity index (χ2n) is 20.7. The predicted molar refractivity (Wildman–Crippen MR) is 287 cm³/mol. The first-order valence-corrected chi connectivity index (χ1v) is 30.0. The summed E-state index contributed by atoms with van der Waals surface area (Å²) in [5.74, 6) is -0.0473. The molecule has 0 radical (unpaired) electrons. The van der Waals surface area contributed by atoms with E-state index in [2.05, 4.69) is 19.2 Å². The highest BCUT2D eigenvalue weighted by Crippen LogP contribution is 2.18. The summed E-state index contributed by atoms with van der Waals surface area (Å²) in [5.41, 5.74) is 0. The van der Waals surface area contributed by atoms with E-state index in [4.69, 9.17) is 4.74 Å². The molecule has 0 aliphatic heterocycles. The quantitative estimate of drug-likeness (QED) is 0.0321. The molecule has 3 N–H and O–H groups in total. The molecule has 2 unspecified atom stereocenters. The lowest BCUT2D eigenvalue weighted by Crippen LogP contribution is -2.45. The maximum absolute atomic E-state index is 12.4. The van der Waals surface area contributed by atoms with Crippen LogP contribution in [0.4, 0.5) is 0 Å². The molecule has 1 amide bonds. The molecular formula is C60H117NO5. The molecule has 392 valence electrons. The summed E-state index contributed by atoms with van der Waals surface area (Å²) in [6.07, 6.45) is 66.9. The molecule has 0 saturated heterocycles. The van der Waals surface area contributed by atoms with Crippen LogP contribution in [0, 0.1) is 0 Å². The molecule has 0 heterocycles. The van der Waals surface area contributed by atoms with Gasteiger partial charge >= 0.3 is 5.97 Å². The van der Waals surface area contributed by atoms with Crippen LogP contribution in [0.5, 0.6) is 0 Å². The fourth-order valence-electron chi connectivity index (χ4n) is 9.46. The lowest BCUT2D eigenvalue weighted by atomic mass is 10.0. The highest BCUT2D eigenvalue weighted by atomic mass is 16.5. The van der Waals surface area contributed by atoms with Gasteiger partial charge in [0.1, 0.15) is 0 Å². The van der Waals surface area contributed by atoms with Crippen molar-refractivity contribution in [2.45, 2.75) is 347 Å². The van der Waals surface area contributed by atoms with E-state index in [0.717, 1.165) is 38.5 Å². The van der Waals surface area contributed by atoms with Crippen molar-refractivity contribution in [3.63, 3.8) is 0 Å². The summed E-state index contributed by atoms with van der Waals surface area (Å²) in [6, 6.07) is -0.623. The van der Waals surface area contributed by atoms with Gasteiger partial charge in [-0.25, -0.2) is 0 Å². The number of rotatable bonds is 56. The molecule has 0 rings (SSSR count). The molecule has 0 aliphatic carbocycles. The first kappa shape index (κ1) is 64.6. The predicted octanol–water partition coefficient (Wildman–Crippen LogP) is 18.5. The van der Waals surface area contributed by atoms with Crippen LogP contribution < -0.4 is 5.32 Å². The summed E-state index contributed by atoms with van der Waals surface area (Å²) in [7, 11) is 0. The zero-order chi connectivity index (χ0) is 47.9. The van der Waals surface area contributed by atoms with Gasteiger partial charge in [-0.3, -0.25) is 9.59 Å². The van der Waals surface area contributed by atoms with E-state index in [-0.39, 0.29) is 18.5 Å². The van der Waals surface area contributed by atoms with Gasteiger partial charge < -0.3 is 20.3 Å². The van der Waals surface area contributed by atoms with Crippen molar-refractivity contribution in [3.05, 3.63) is 12.2 Å². The van der Waals surface area contributed by atoms with Crippen LogP contribution in [0.25, 0.3) is 0 Å². The maximum atomic E-state index is 12.4. The van der Waals surface area contributed by atoms with Crippen molar-refractivity contribution in [1.29, 1.82) is 0 Å². The van der Waals surface area contributed by atoms with Gasteiger partial charge in [0.05, 0.1) is 25.4 Å². The molecule has 0 aliphatic rings. The van der Waals surface area contributed by atoms with Crippen molar-refractivity contribution in [2.75, 3.05) is 13.2 Å².